The summed E-state index contributed by atoms with van der Waals surface area (Å²) in [5, 5.41) is 3.32. The molecule has 0 aliphatic carbocycles. The van der Waals surface area contributed by atoms with Crippen LogP contribution < -0.4 is 11.1 Å². The van der Waals surface area contributed by atoms with E-state index >= 15 is 0 Å². The Morgan fingerprint density at radius 1 is 1.17 bits per heavy atom. The number of anilines is 1. The molecule has 0 spiro atoms. The summed E-state index contributed by atoms with van der Waals surface area (Å²) in [6.45, 7) is 4.75. The molecule has 1 aromatic heterocycles. The fraction of sp³-hybridized carbons (Fsp3) is 0.267. The number of hydrogen-bond acceptors (Lipinski definition) is 3. The van der Waals surface area contributed by atoms with Crippen LogP contribution in [0, 0.1) is 6.92 Å². The van der Waals surface area contributed by atoms with Gasteiger partial charge in [-0.15, -0.1) is 0 Å². The maximum Gasteiger partial charge on any atom is 0.126 e. The fourth-order valence-corrected chi connectivity index (χ4v) is 1.94. The molecule has 0 unspecified atom stereocenters. The molecule has 1 aromatic carbocycles. The average molecular weight is 241 g/mol. The van der Waals surface area contributed by atoms with Crippen LogP contribution in [0.1, 0.15) is 29.8 Å². The molecule has 0 aliphatic heterocycles. The lowest BCUT2D eigenvalue weighted by Crippen LogP contribution is -2.09. The van der Waals surface area contributed by atoms with Gasteiger partial charge in [-0.05, 0) is 31.0 Å². The van der Waals surface area contributed by atoms with E-state index in [4.69, 9.17) is 5.73 Å². The molecule has 1 atom stereocenters. The van der Waals surface area contributed by atoms with Crippen molar-refractivity contribution in [1.29, 1.82) is 0 Å². The molecule has 94 valence electrons. The summed E-state index contributed by atoms with van der Waals surface area (Å²) in [5.74, 6) is 0.890. The Morgan fingerprint density at radius 2 is 1.89 bits per heavy atom. The van der Waals surface area contributed by atoms with E-state index in [9.17, 15) is 0 Å². The van der Waals surface area contributed by atoms with E-state index in [1.807, 2.05) is 44.2 Å². The Balaban J connectivity index is 2.05. The van der Waals surface area contributed by atoms with Crippen LogP contribution in [0.25, 0.3) is 0 Å². The highest BCUT2D eigenvalue weighted by atomic mass is 15.0. The molecule has 0 amide bonds. The van der Waals surface area contributed by atoms with Crippen molar-refractivity contribution < 1.29 is 0 Å². The number of nitrogens with one attached hydrogen (secondary N) is 1. The number of benzene rings is 1. The zero-order valence-electron chi connectivity index (χ0n) is 10.9. The van der Waals surface area contributed by atoms with Gasteiger partial charge in [-0.1, -0.05) is 36.4 Å². The van der Waals surface area contributed by atoms with Crippen LogP contribution in [0.4, 0.5) is 5.82 Å². The number of pyridine rings is 1. The van der Waals surface area contributed by atoms with E-state index in [2.05, 4.69) is 22.4 Å². The van der Waals surface area contributed by atoms with E-state index in [1.165, 1.54) is 5.56 Å². The lowest BCUT2D eigenvalue weighted by molar-refractivity contribution is 0.799. The van der Waals surface area contributed by atoms with E-state index in [1.54, 1.807) is 0 Å². The predicted molar refractivity (Wildman–Crippen MR) is 75.3 cm³/mol. The van der Waals surface area contributed by atoms with Gasteiger partial charge in [0, 0.05) is 18.3 Å². The largest absolute Gasteiger partial charge is 0.366 e. The Hall–Kier alpha value is -1.87. The number of aromatic nitrogens is 1. The Morgan fingerprint density at radius 3 is 2.50 bits per heavy atom. The van der Waals surface area contributed by atoms with Gasteiger partial charge in [0.1, 0.15) is 5.82 Å². The average Bonchev–Trinajstić information content (AvgIpc) is 2.37. The van der Waals surface area contributed by atoms with Gasteiger partial charge in [0.15, 0.2) is 0 Å². The standard InChI is InChI=1S/C15H19N3/c1-11(16)14-8-9-15(18-12(14)2)17-10-13-6-4-3-5-7-13/h3-9,11H,10,16H2,1-2H3,(H,17,18)/t11-/m1/s1. The predicted octanol–water partition coefficient (Wildman–Crippen LogP) is 3.02. The Labute approximate surface area is 108 Å². The molecule has 0 radical (unpaired) electrons. The third-order valence-corrected chi connectivity index (χ3v) is 2.93. The summed E-state index contributed by atoms with van der Waals surface area (Å²) in [4.78, 5) is 4.52. The van der Waals surface area contributed by atoms with Gasteiger partial charge in [-0.3, -0.25) is 0 Å². The van der Waals surface area contributed by atoms with Crippen LogP contribution in [-0.2, 0) is 6.54 Å². The van der Waals surface area contributed by atoms with Gasteiger partial charge < -0.3 is 11.1 Å². The van der Waals surface area contributed by atoms with E-state index in [0.717, 1.165) is 23.6 Å². The maximum atomic E-state index is 5.87. The maximum absolute atomic E-state index is 5.87. The van der Waals surface area contributed by atoms with E-state index in [0.29, 0.717) is 0 Å². The smallest absolute Gasteiger partial charge is 0.126 e. The van der Waals surface area contributed by atoms with Gasteiger partial charge in [0.05, 0.1) is 0 Å². The number of nitrogens with zero attached hydrogens (tertiary/aromatic N) is 1. The van der Waals surface area contributed by atoms with Crippen molar-refractivity contribution in [3.05, 3.63) is 59.3 Å². The Kier molecular flexibility index (Phi) is 3.95. The number of rotatable bonds is 4. The van der Waals surface area contributed by atoms with Crippen molar-refractivity contribution in [1.82, 2.24) is 4.98 Å². The van der Waals surface area contributed by atoms with Crippen LogP contribution in [-0.4, -0.2) is 4.98 Å². The van der Waals surface area contributed by atoms with Crippen molar-refractivity contribution in [3.63, 3.8) is 0 Å². The summed E-state index contributed by atoms with van der Waals surface area (Å²) in [6.07, 6.45) is 0. The molecule has 0 aliphatic rings. The second kappa shape index (κ2) is 5.65. The van der Waals surface area contributed by atoms with E-state index in [-0.39, 0.29) is 6.04 Å². The highest BCUT2D eigenvalue weighted by Crippen LogP contribution is 2.16. The molecule has 0 fully saturated rings. The first kappa shape index (κ1) is 12.6. The quantitative estimate of drug-likeness (QED) is 0.865. The SMILES string of the molecule is Cc1nc(NCc2ccccc2)ccc1[C@@H](C)N. The third-order valence-electron chi connectivity index (χ3n) is 2.93. The summed E-state index contributed by atoms with van der Waals surface area (Å²) in [5.41, 5.74) is 9.20. The van der Waals surface area contributed by atoms with Crippen molar-refractivity contribution in [2.24, 2.45) is 5.73 Å². The normalized spacial score (nSPS) is 12.2. The van der Waals surface area contributed by atoms with Crippen LogP contribution in [0.2, 0.25) is 0 Å². The summed E-state index contributed by atoms with van der Waals surface area (Å²) in [6, 6.07) is 14.3. The van der Waals surface area contributed by atoms with Gasteiger partial charge in [-0.2, -0.15) is 0 Å². The molecule has 0 saturated carbocycles. The molecule has 2 rings (SSSR count). The molecular formula is C15H19N3. The summed E-state index contributed by atoms with van der Waals surface area (Å²) < 4.78 is 0. The second-order valence-electron chi connectivity index (χ2n) is 4.50. The lowest BCUT2D eigenvalue weighted by atomic mass is 10.1. The number of nitrogens with two attached hydrogens (primary N) is 1. The first-order valence-electron chi connectivity index (χ1n) is 6.18. The molecule has 0 saturated heterocycles. The summed E-state index contributed by atoms with van der Waals surface area (Å²) in [7, 11) is 0. The minimum absolute atomic E-state index is 0.0284. The molecular weight excluding hydrogens is 222 g/mol. The van der Waals surface area contributed by atoms with Gasteiger partial charge >= 0.3 is 0 Å². The molecule has 18 heavy (non-hydrogen) atoms. The van der Waals surface area contributed by atoms with Gasteiger partial charge in [0.25, 0.3) is 0 Å². The highest BCUT2D eigenvalue weighted by Gasteiger charge is 2.05. The van der Waals surface area contributed by atoms with Crippen molar-refractivity contribution in [2.75, 3.05) is 5.32 Å². The van der Waals surface area contributed by atoms with Crippen LogP contribution >= 0.6 is 0 Å². The molecule has 2 aromatic rings. The van der Waals surface area contributed by atoms with Crippen LogP contribution in [0.5, 0.6) is 0 Å². The van der Waals surface area contributed by atoms with Crippen molar-refractivity contribution in [3.8, 4) is 0 Å². The monoisotopic (exact) mass is 241 g/mol. The molecule has 1 heterocycles. The van der Waals surface area contributed by atoms with E-state index < -0.39 is 0 Å². The molecule has 3 heteroatoms. The van der Waals surface area contributed by atoms with Gasteiger partial charge in [0.2, 0.25) is 0 Å². The fourth-order valence-electron chi connectivity index (χ4n) is 1.94. The molecule has 3 nitrogen and oxygen atoms in total. The number of aryl methyl sites for hydroxylation is 1. The second-order valence-corrected chi connectivity index (χ2v) is 4.50. The van der Waals surface area contributed by atoms with Crippen LogP contribution in [0.3, 0.4) is 0 Å². The highest BCUT2D eigenvalue weighted by molar-refractivity contribution is 5.40. The minimum Gasteiger partial charge on any atom is -0.366 e. The Bertz CT molecular complexity index is 506. The molecule has 0 bridgehead atoms. The minimum atomic E-state index is 0.0284. The topological polar surface area (TPSA) is 50.9 Å². The molecule has 3 N–H and O–H groups in total. The summed E-state index contributed by atoms with van der Waals surface area (Å²) >= 11 is 0. The lowest BCUT2D eigenvalue weighted by Gasteiger charge is -2.11. The zero-order chi connectivity index (χ0) is 13.0. The number of hydrogen-bond donors (Lipinski definition) is 2. The first-order chi connectivity index (χ1) is 8.66. The van der Waals surface area contributed by atoms with Crippen molar-refractivity contribution in [2.45, 2.75) is 26.4 Å². The van der Waals surface area contributed by atoms with Crippen LogP contribution in [0.15, 0.2) is 42.5 Å². The van der Waals surface area contributed by atoms with Gasteiger partial charge in [-0.25, -0.2) is 4.98 Å². The zero-order valence-corrected chi connectivity index (χ0v) is 10.9. The van der Waals surface area contributed by atoms with Crippen molar-refractivity contribution >= 4 is 5.82 Å². The third kappa shape index (κ3) is 3.08. The first-order valence-corrected chi connectivity index (χ1v) is 6.18.